The zero-order chi connectivity index (χ0) is 17.5. The van der Waals surface area contributed by atoms with Gasteiger partial charge in [-0.3, -0.25) is 0 Å². The molecule has 0 unspecified atom stereocenters. The minimum absolute atomic E-state index is 0.141. The minimum atomic E-state index is -0.431. The second-order valence-corrected chi connectivity index (χ2v) is 5.34. The van der Waals surface area contributed by atoms with Crippen LogP contribution in [0.5, 0.6) is 5.75 Å². The average Bonchev–Trinajstić information content (AvgIpc) is 2.68. The molecular weight excluding hydrogens is 316 g/mol. The van der Waals surface area contributed by atoms with Gasteiger partial charge in [-0.1, -0.05) is 48.5 Å². The summed E-state index contributed by atoms with van der Waals surface area (Å²) in [5.74, 6) is -0.319. The summed E-state index contributed by atoms with van der Waals surface area (Å²) in [5.41, 5.74) is 1.73. The molecule has 0 aliphatic heterocycles. The Balaban J connectivity index is 1.57. The molecule has 0 heterocycles. The highest BCUT2D eigenvalue weighted by molar-refractivity contribution is 5.91. The predicted octanol–water partition coefficient (Wildman–Crippen LogP) is 4.26. The fourth-order valence-electron chi connectivity index (χ4n) is 2.20. The lowest BCUT2D eigenvalue weighted by Gasteiger charge is -2.07. The molecule has 124 valence electrons. The average molecular weight is 332 g/mol. The number of rotatable bonds is 5. The summed E-state index contributed by atoms with van der Waals surface area (Å²) in [4.78, 5) is 24.0. The van der Waals surface area contributed by atoms with E-state index in [1.54, 1.807) is 72.8 Å². The molecule has 0 spiro atoms. The van der Waals surface area contributed by atoms with Crippen LogP contribution in [0.25, 0.3) is 0 Å². The first kappa shape index (κ1) is 16.5. The number of carbonyl (C=O) groups is 2. The van der Waals surface area contributed by atoms with Crippen molar-refractivity contribution in [2.75, 3.05) is 0 Å². The topological polar surface area (TPSA) is 52.6 Å². The summed E-state index contributed by atoms with van der Waals surface area (Å²) in [7, 11) is 0. The Labute approximate surface area is 145 Å². The molecule has 3 aromatic rings. The van der Waals surface area contributed by atoms with Crippen LogP contribution in [0.4, 0.5) is 0 Å². The molecule has 25 heavy (non-hydrogen) atoms. The molecule has 0 fully saturated rings. The van der Waals surface area contributed by atoms with E-state index in [9.17, 15) is 9.59 Å². The normalized spacial score (nSPS) is 10.1. The summed E-state index contributed by atoms with van der Waals surface area (Å²) in [5, 5.41) is 0. The van der Waals surface area contributed by atoms with Gasteiger partial charge in [-0.15, -0.1) is 0 Å². The van der Waals surface area contributed by atoms with Gasteiger partial charge in [0.25, 0.3) is 0 Å². The van der Waals surface area contributed by atoms with E-state index in [1.165, 1.54) is 0 Å². The summed E-state index contributed by atoms with van der Waals surface area (Å²) in [6.07, 6.45) is 0. The van der Waals surface area contributed by atoms with Crippen LogP contribution < -0.4 is 4.74 Å². The van der Waals surface area contributed by atoms with Gasteiger partial charge in [0.1, 0.15) is 12.4 Å². The van der Waals surface area contributed by atoms with Crippen LogP contribution in [0.1, 0.15) is 26.3 Å². The van der Waals surface area contributed by atoms with Crippen molar-refractivity contribution in [1.29, 1.82) is 0 Å². The Morgan fingerprint density at radius 3 is 1.84 bits per heavy atom. The zero-order valence-corrected chi connectivity index (χ0v) is 13.4. The molecule has 4 heteroatoms. The largest absolute Gasteiger partial charge is 0.457 e. The van der Waals surface area contributed by atoms with Crippen molar-refractivity contribution in [3.63, 3.8) is 0 Å². The van der Waals surface area contributed by atoms with Crippen molar-refractivity contribution in [3.05, 3.63) is 102 Å². The molecule has 0 atom stereocenters. The molecule has 0 amide bonds. The van der Waals surface area contributed by atoms with Gasteiger partial charge < -0.3 is 9.47 Å². The van der Waals surface area contributed by atoms with Crippen LogP contribution in [-0.2, 0) is 11.3 Å². The van der Waals surface area contributed by atoms with Crippen LogP contribution in [-0.4, -0.2) is 11.9 Å². The van der Waals surface area contributed by atoms with Gasteiger partial charge in [-0.2, -0.15) is 0 Å². The van der Waals surface area contributed by atoms with Crippen LogP contribution in [0.15, 0.2) is 84.9 Å². The van der Waals surface area contributed by atoms with Gasteiger partial charge in [-0.05, 0) is 42.0 Å². The van der Waals surface area contributed by atoms with Crippen LogP contribution in [0.2, 0.25) is 0 Å². The van der Waals surface area contributed by atoms with Gasteiger partial charge in [0.05, 0.1) is 11.1 Å². The fourth-order valence-corrected chi connectivity index (χ4v) is 2.20. The van der Waals surface area contributed by atoms with Crippen molar-refractivity contribution in [3.8, 4) is 5.75 Å². The molecule has 0 bridgehead atoms. The lowest BCUT2D eigenvalue weighted by molar-refractivity contribution is 0.0472. The molecule has 0 aliphatic carbocycles. The number of esters is 2. The van der Waals surface area contributed by atoms with Crippen molar-refractivity contribution < 1.29 is 19.1 Å². The maximum atomic E-state index is 12.1. The van der Waals surface area contributed by atoms with Gasteiger partial charge in [-0.25, -0.2) is 9.59 Å². The third kappa shape index (κ3) is 4.54. The van der Waals surface area contributed by atoms with E-state index in [0.717, 1.165) is 5.56 Å². The number of carbonyl (C=O) groups excluding carboxylic acids is 2. The smallest absolute Gasteiger partial charge is 0.343 e. The number of hydrogen-bond acceptors (Lipinski definition) is 4. The van der Waals surface area contributed by atoms with E-state index in [2.05, 4.69) is 0 Å². The van der Waals surface area contributed by atoms with Crippen molar-refractivity contribution in [1.82, 2.24) is 0 Å². The third-order valence-electron chi connectivity index (χ3n) is 3.52. The SMILES string of the molecule is O=C(OCc1ccc(C(=O)Oc2ccccc2)cc1)c1ccccc1. The Hall–Kier alpha value is -3.40. The third-order valence-corrected chi connectivity index (χ3v) is 3.52. The maximum Gasteiger partial charge on any atom is 0.343 e. The molecule has 4 nitrogen and oxygen atoms in total. The van der Waals surface area contributed by atoms with Crippen molar-refractivity contribution in [2.45, 2.75) is 6.61 Å². The quantitative estimate of drug-likeness (QED) is 0.517. The number of para-hydroxylation sites is 1. The highest BCUT2D eigenvalue weighted by atomic mass is 16.5. The maximum absolute atomic E-state index is 12.1. The van der Waals surface area contributed by atoms with E-state index in [-0.39, 0.29) is 12.6 Å². The van der Waals surface area contributed by atoms with E-state index in [0.29, 0.717) is 16.9 Å². The van der Waals surface area contributed by atoms with Crippen LogP contribution in [0.3, 0.4) is 0 Å². The molecule has 0 saturated heterocycles. The van der Waals surface area contributed by atoms with Crippen LogP contribution in [0, 0.1) is 0 Å². The highest BCUT2D eigenvalue weighted by Crippen LogP contribution is 2.13. The zero-order valence-electron chi connectivity index (χ0n) is 13.4. The first-order valence-electron chi connectivity index (χ1n) is 7.81. The van der Waals surface area contributed by atoms with Gasteiger partial charge in [0, 0.05) is 0 Å². The Morgan fingerprint density at radius 2 is 1.20 bits per heavy atom. The number of hydrogen-bond donors (Lipinski definition) is 0. The molecular formula is C21H16O4. The van der Waals surface area contributed by atoms with Gasteiger partial charge >= 0.3 is 11.9 Å². The molecule has 0 aliphatic rings. The van der Waals surface area contributed by atoms with Gasteiger partial charge in [0.2, 0.25) is 0 Å². The number of ether oxygens (including phenoxy) is 2. The monoisotopic (exact) mass is 332 g/mol. The second-order valence-electron chi connectivity index (χ2n) is 5.34. The lowest BCUT2D eigenvalue weighted by atomic mass is 10.1. The number of benzene rings is 3. The van der Waals surface area contributed by atoms with Crippen molar-refractivity contribution >= 4 is 11.9 Å². The standard InChI is InChI=1S/C21H16O4/c22-20(17-7-3-1-4-8-17)24-15-16-11-13-18(14-12-16)21(23)25-19-9-5-2-6-10-19/h1-14H,15H2. The summed E-state index contributed by atoms with van der Waals surface area (Å²) >= 11 is 0. The van der Waals surface area contributed by atoms with E-state index in [1.807, 2.05) is 12.1 Å². The van der Waals surface area contributed by atoms with Crippen LogP contribution >= 0.6 is 0 Å². The van der Waals surface area contributed by atoms with E-state index in [4.69, 9.17) is 9.47 Å². The van der Waals surface area contributed by atoms with Crippen molar-refractivity contribution in [2.24, 2.45) is 0 Å². The molecule has 0 N–H and O–H groups in total. The molecule has 3 rings (SSSR count). The molecule has 0 aromatic heterocycles. The highest BCUT2D eigenvalue weighted by Gasteiger charge is 2.09. The van der Waals surface area contributed by atoms with E-state index >= 15 is 0 Å². The molecule has 0 radical (unpaired) electrons. The fraction of sp³-hybridized carbons (Fsp3) is 0.0476. The first-order chi connectivity index (χ1) is 12.2. The summed E-state index contributed by atoms with van der Waals surface area (Å²) in [6.45, 7) is 0.141. The Bertz CT molecular complexity index is 840. The predicted molar refractivity (Wildman–Crippen MR) is 93.4 cm³/mol. The molecule has 0 saturated carbocycles. The second kappa shape index (κ2) is 7.93. The lowest BCUT2D eigenvalue weighted by Crippen LogP contribution is -2.09. The minimum Gasteiger partial charge on any atom is -0.457 e. The summed E-state index contributed by atoms with van der Waals surface area (Å²) in [6, 6.07) is 24.5. The molecule has 3 aromatic carbocycles. The van der Waals surface area contributed by atoms with Gasteiger partial charge in [0.15, 0.2) is 0 Å². The Kier molecular flexibility index (Phi) is 5.22. The van der Waals surface area contributed by atoms with E-state index < -0.39 is 5.97 Å². The Morgan fingerprint density at radius 1 is 0.640 bits per heavy atom. The summed E-state index contributed by atoms with van der Waals surface area (Å²) < 4.78 is 10.5. The first-order valence-corrected chi connectivity index (χ1v) is 7.81.